The van der Waals surface area contributed by atoms with Crippen molar-refractivity contribution < 1.29 is 0 Å². The number of rotatable bonds is 2. The van der Waals surface area contributed by atoms with Crippen LogP contribution in [0.3, 0.4) is 0 Å². The summed E-state index contributed by atoms with van der Waals surface area (Å²) in [6.07, 6.45) is 0. The summed E-state index contributed by atoms with van der Waals surface area (Å²) in [6, 6.07) is 0. The molecule has 0 aliphatic carbocycles. The lowest BCUT2D eigenvalue weighted by atomic mass is 10.1. The molecule has 3 heteroatoms. The molecule has 0 rings (SSSR count). The van der Waals surface area contributed by atoms with Crippen molar-refractivity contribution in [3.63, 3.8) is 0 Å². The van der Waals surface area contributed by atoms with Gasteiger partial charge in [-0.3, -0.25) is 0 Å². The van der Waals surface area contributed by atoms with Crippen LogP contribution in [0.1, 0.15) is 48.5 Å². The Balaban J connectivity index is 4.79. The summed E-state index contributed by atoms with van der Waals surface area (Å²) < 4.78 is 0. The van der Waals surface area contributed by atoms with E-state index in [1.165, 1.54) is 0 Å². The fourth-order valence-corrected chi connectivity index (χ4v) is 0.701. The first-order chi connectivity index (χ1) is 5.73. The predicted octanol–water partition coefficient (Wildman–Crippen LogP) is 2.88. The van der Waals surface area contributed by atoms with E-state index in [-0.39, 0.29) is 5.54 Å². The third-order valence-corrected chi connectivity index (χ3v) is 1.19. The van der Waals surface area contributed by atoms with Crippen molar-refractivity contribution in [3.8, 4) is 0 Å². The lowest BCUT2D eigenvalue weighted by Gasteiger charge is -2.28. The molecule has 0 atom stereocenters. The molecular formula is C10H21N3. The van der Waals surface area contributed by atoms with Gasteiger partial charge in [0.2, 0.25) is 0 Å². The molecule has 13 heavy (non-hydrogen) atoms. The molecular weight excluding hydrogens is 162 g/mol. The minimum atomic E-state index is -0.0610. The van der Waals surface area contributed by atoms with Crippen LogP contribution in [0, 0.1) is 0 Å². The molecule has 0 N–H and O–H groups in total. The Hall–Kier alpha value is -0.860. The van der Waals surface area contributed by atoms with Crippen molar-refractivity contribution in [3.05, 3.63) is 0 Å². The summed E-state index contributed by atoms with van der Waals surface area (Å²) in [5.41, 5.74) is 1.97. The zero-order valence-corrected chi connectivity index (χ0v) is 9.84. The third kappa shape index (κ3) is 5.39. The standard InChI is InChI=1S/C10H21N3/c1-8(2)11-13(10(5,6)7)12-9(3)4/h1-7H3. The highest BCUT2D eigenvalue weighted by molar-refractivity contribution is 5.80. The van der Waals surface area contributed by atoms with Gasteiger partial charge in [-0.15, -0.1) is 0 Å². The summed E-state index contributed by atoms with van der Waals surface area (Å²) in [4.78, 5) is 0. The number of hydrazone groups is 2. The fraction of sp³-hybridized carbons (Fsp3) is 0.800. The first kappa shape index (κ1) is 12.1. The second-order valence-corrected chi connectivity index (χ2v) is 4.55. The second-order valence-electron chi connectivity index (χ2n) is 4.55. The van der Waals surface area contributed by atoms with Gasteiger partial charge < -0.3 is 0 Å². The van der Waals surface area contributed by atoms with Gasteiger partial charge in [-0.25, -0.2) is 0 Å². The smallest absolute Gasteiger partial charge is 0.0740 e. The quantitative estimate of drug-likeness (QED) is 0.478. The van der Waals surface area contributed by atoms with Crippen molar-refractivity contribution in [2.24, 2.45) is 10.2 Å². The van der Waals surface area contributed by atoms with Crippen LogP contribution in [0.2, 0.25) is 0 Å². The van der Waals surface area contributed by atoms with E-state index >= 15 is 0 Å². The number of hydrogen-bond donors (Lipinski definition) is 0. The summed E-state index contributed by atoms with van der Waals surface area (Å²) in [6.45, 7) is 14.2. The van der Waals surface area contributed by atoms with Gasteiger partial charge in [0.15, 0.2) is 0 Å². The second kappa shape index (κ2) is 4.40. The maximum atomic E-state index is 4.35. The van der Waals surface area contributed by atoms with Crippen molar-refractivity contribution >= 4 is 11.4 Å². The molecule has 0 radical (unpaired) electrons. The lowest BCUT2D eigenvalue weighted by molar-refractivity contribution is 0.149. The molecule has 0 spiro atoms. The van der Waals surface area contributed by atoms with E-state index in [2.05, 4.69) is 31.0 Å². The molecule has 0 aromatic carbocycles. The highest BCUT2D eigenvalue weighted by Gasteiger charge is 2.18. The zero-order valence-electron chi connectivity index (χ0n) is 9.84. The molecule has 0 fully saturated rings. The maximum absolute atomic E-state index is 4.35. The highest BCUT2D eigenvalue weighted by atomic mass is 15.7. The predicted molar refractivity (Wildman–Crippen MR) is 59.2 cm³/mol. The Morgan fingerprint density at radius 2 is 1.15 bits per heavy atom. The van der Waals surface area contributed by atoms with Gasteiger partial charge in [0, 0.05) is 11.4 Å². The van der Waals surface area contributed by atoms with Crippen molar-refractivity contribution in [1.82, 2.24) is 5.12 Å². The van der Waals surface area contributed by atoms with Gasteiger partial charge in [-0.2, -0.15) is 15.3 Å². The van der Waals surface area contributed by atoms with Gasteiger partial charge in [-0.05, 0) is 48.5 Å². The molecule has 76 valence electrons. The summed E-state index contributed by atoms with van der Waals surface area (Å²) in [7, 11) is 0. The molecule has 0 aliphatic heterocycles. The lowest BCUT2D eigenvalue weighted by Crippen LogP contribution is -2.34. The molecule has 0 unspecified atom stereocenters. The Bertz CT molecular complexity index is 195. The topological polar surface area (TPSA) is 28.0 Å². The molecule has 0 bridgehead atoms. The number of nitrogens with zero attached hydrogens (tertiary/aromatic N) is 3. The van der Waals surface area contributed by atoms with E-state index in [4.69, 9.17) is 0 Å². The van der Waals surface area contributed by atoms with Crippen LogP contribution in [0.4, 0.5) is 0 Å². The van der Waals surface area contributed by atoms with Crippen LogP contribution in [0.25, 0.3) is 0 Å². The molecule has 0 saturated heterocycles. The molecule has 0 saturated carbocycles. The summed E-state index contributed by atoms with van der Waals surface area (Å²) in [5, 5.41) is 10.5. The zero-order chi connectivity index (χ0) is 10.6. The molecule has 0 aliphatic rings. The molecule has 0 aromatic rings. The van der Waals surface area contributed by atoms with Crippen LogP contribution >= 0.6 is 0 Å². The first-order valence-electron chi connectivity index (χ1n) is 4.57. The van der Waals surface area contributed by atoms with E-state index in [0.717, 1.165) is 11.4 Å². The number of hydrogen-bond acceptors (Lipinski definition) is 3. The first-order valence-corrected chi connectivity index (χ1v) is 4.57. The van der Waals surface area contributed by atoms with Crippen LogP contribution in [-0.2, 0) is 0 Å². The van der Waals surface area contributed by atoms with Crippen LogP contribution in [-0.4, -0.2) is 22.1 Å². The Morgan fingerprint density at radius 3 is 1.31 bits per heavy atom. The maximum Gasteiger partial charge on any atom is 0.0740 e. The normalized spacial score (nSPS) is 10.7. The Labute approximate surface area is 81.5 Å². The average Bonchev–Trinajstić information content (AvgIpc) is 1.81. The fourth-order valence-electron chi connectivity index (χ4n) is 0.701. The summed E-state index contributed by atoms with van der Waals surface area (Å²) in [5.74, 6) is 0. The third-order valence-electron chi connectivity index (χ3n) is 1.19. The van der Waals surface area contributed by atoms with E-state index in [1.807, 2.05) is 27.7 Å². The van der Waals surface area contributed by atoms with Gasteiger partial charge in [0.05, 0.1) is 5.54 Å². The van der Waals surface area contributed by atoms with Gasteiger partial charge in [-0.1, -0.05) is 0 Å². The molecule has 0 heterocycles. The van der Waals surface area contributed by atoms with Crippen LogP contribution < -0.4 is 0 Å². The van der Waals surface area contributed by atoms with E-state index < -0.39 is 0 Å². The van der Waals surface area contributed by atoms with E-state index in [0.29, 0.717) is 0 Å². The minimum absolute atomic E-state index is 0.0610. The minimum Gasteiger partial charge on any atom is -0.180 e. The van der Waals surface area contributed by atoms with Crippen molar-refractivity contribution in [2.75, 3.05) is 0 Å². The van der Waals surface area contributed by atoms with E-state index in [9.17, 15) is 0 Å². The highest BCUT2D eigenvalue weighted by Crippen LogP contribution is 2.14. The average molecular weight is 183 g/mol. The van der Waals surface area contributed by atoms with Crippen molar-refractivity contribution in [1.29, 1.82) is 0 Å². The Morgan fingerprint density at radius 1 is 0.846 bits per heavy atom. The Kier molecular flexibility index (Phi) is 4.11. The monoisotopic (exact) mass is 183 g/mol. The van der Waals surface area contributed by atoms with E-state index in [1.54, 1.807) is 5.12 Å². The SMILES string of the molecule is CC(C)=NN(N=C(C)C)C(C)(C)C. The van der Waals surface area contributed by atoms with Crippen molar-refractivity contribution in [2.45, 2.75) is 54.0 Å². The van der Waals surface area contributed by atoms with Crippen LogP contribution in [0.15, 0.2) is 10.2 Å². The van der Waals surface area contributed by atoms with Gasteiger partial charge in [0.1, 0.15) is 0 Å². The van der Waals surface area contributed by atoms with Gasteiger partial charge in [0.25, 0.3) is 0 Å². The summed E-state index contributed by atoms with van der Waals surface area (Å²) >= 11 is 0. The molecule has 0 aromatic heterocycles. The van der Waals surface area contributed by atoms with Crippen LogP contribution in [0.5, 0.6) is 0 Å². The molecule has 0 amide bonds. The van der Waals surface area contributed by atoms with Gasteiger partial charge >= 0.3 is 0 Å². The largest absolute Gasteiger partial charge is 0.180 e. The molecule has 3 nitrogen and oxygen atoms in total.